The highest BCUT2D eigenvalue weighted by atomic mass is 19.2. The van der Waals surface area contributed by atoms with Gasteiger partial charge in [-0.15, -0.1) is 0 Å². The second-order valence-corrected chi connectivity index (χ2v) is 7.47. The number of ether oxygens (including phenoxy) is 1. The maximum atomic E-state index is 13.8. The van der Waals surface area contributed by atoms with Gasteiger partial charge in [-0.25, -0.2) is 22.4 Å². The topological polar surface area (TPSA) is 77.4 Å². The van der Waals surface area contributed by atoms with Gasteiger partial charge in [-0.3, -0.25) is 9.59 Å². The number of benzene rings is 3. The van der Waals surface area contributed by atoms with Crippen LogP contribution < -0.4 is 10.9 Å². The molecule has 0 aliphatic rings. The molecule has 4 aromatic rings. The van der Waals surface area contributed by atoms with E-state index < -0.39 is 53.0 Å². The van der Waals surface area contributed by atoms with E-state index in [2.05, 4.69) is 0 Å². The smallest absolute Gasteiger partial charge is 0.356 e. The Hall–Kier alpha value is -4.47. The lowest BCUT2D eigenvalue weighted by Gasteiger charge is -2.17. The molecule has 4 rings (SSSR count). The zero-order chi connectivity index (χ0) is 25.3. The van der Waals surface area contributed by atoms with E-state index >= 15 is 0 Å². The third kappa shape index (κ3) is 4.37. The van der Waals surface area contributed by atoms with Gasteiger partial charge in [0.1, 0.15) is 11.4 Å². The lowest BCUT2D eigenvalue weighted by Crippen LogP contribution is -2.28. The molecule has 0 saturated heterocycles. The van der Waals surface area contributed by atoms with Crippen LogP contribution in [0.1, 0.15) is 10.5 Å². The Labute approximate surface area is 195 Å². The van der Waals surface area contributed by atoms with E-state index in [0.29, 0.717) is 21.9 Å². The molecule has 0 unspecified atom stereocenters. The fourth-order valence-corrected chi connectivity index (χ4v) is 3.66. The van der Waals surface area contributed by atoms with E-state index in [-0.39, 0.29) is 11.8 Å². The largest absolute Gasteiger partial charge is 0.451 e. The van der Waals surface area contributed by atoms with Crippen LogP contribution in [-0.4, -0.2) is 23.1 Å². The molecule has 0 radical (unpaired) electrons. The minimum Gasteiger partial charge on any atom is -0.451 e. The molecular weight excluding hydrogens is 468 g/mol. The monoisotopic (exact) mass is 484 g/mol. The lowest BCUT2D eigenvalue weighted by molar-refractivity contribution is -0.119. The summed E-state index contributed by atoms with van der Waals surface area (Å²) in [6.45, 7) is -1.05. The van der Waals surface area contributed by atoms with E-state index in [1.165, 1.54) is 7.05 Å². The first-order chi connectivity index (χ1) is 16.7. The van der Waals surface area contributed by atoms with Crippen LogP contribution in [0.25, 0.3) is 21.9 Å². The van der Waals surface area contributed by atoms with Crippen molar-refractivity contribution < 1.29 is 31.9 Å². The molecule has 1 aromatic heterocycles. The number of anilines is 1. The Bertz CT molecular complexity index is 1510. The van der Waals surface area contributed by atoms with Gasteiger partial charge in [0.15, 0.2) is 29.9 Å². The quantitative estimate of drug-likeness (QED) is 0.256. The highest BCUT2D eigenvalue weighted by Crippen LogP contribution is 2.31. The zero-order valence-corrected chi connectivity index (χ0v) is 18.1. The Kier molecular flexibility index (Phi) is 6.37. The van der Waals surface area contributed by atoms with Crippen molar-refractivity contribution in [3.8, 4) is 11.1 Å². The van der Waals surface area contributed by atoms with Crippen LogP contribution in [0.5, 0.6) is 0 Å². The average Bonchev–Trinajstić information content (AvgIpc) is 2.86. The maximum Gasteiger partial charge on any atom is 0.356 e. The van der Waals surface area contributed by atoms with Crippen LogP contribution in [0.3, 0.4) is 0 Å². The number of nitrogens with one attached hydrogen (secondary N) is 1. The van der Waals surface area contributed by atoms with Crippen LogP contribution in [0, 0.1) is 23.3 Å². The van der Waals surface area contributed by atoms with Gasteiger partial charge in [0, 0.05) is 24.1 Å². The first-order valence-corrected chi connectivity index (χ1v) is 10.2. The molecule has 0 atom stereocenters. The standard InChI is InChI=1S/C25H16F4N2O4/c1-31-23(19(13-7-3-2-4-8-13)14-9-5-6-10-15(14)24(31)33)25(34)35-12-18(32)30-22-20(28)16(26)11-17(27)21(22)29/h2-11H,12H2,1H3,(H,30,32). The number of halogens is 4. The van der Waals surface area contributed by atoms with Gasteiger partial charge in [-0.1, -0.05) is 48.5 Å². The molecule has 0 aliphatic carbocycles. The number of hydrogen-bond acceptors (Lipinski definition) is 4. The van der Waals surface area contributed by atoms with Gasteiger partial charge in [0.2, 0.25) is 0 Å². The Balaban J connectivity index is 1.68. The lowest BCUT2D eigenvalue weighted by atomic mass is 9.97. The molecule has 10 heteroatoms. The number of carbonyl (C=O) groups is 2. The molecule has 6 nitrogen and oxygen atoms in total. The molecular formula is C25H16F4N2O4. The molecule has 3 aromatic carbocycles. The van der Waals surface area contributed by atoms with Crippen molar-refractivity contribution in [3.63, 3.8) is 0 Å². The predicted octanol–water partition coefficient (Wildman–Crippen LogP) is 4.56. The summed E-state index contributed by atoms with van der Waals surface area (Å²) in [5.41, 5.74) is -1.04. The Morgan fingerprint density at radius 1 is 0.886 bits per heavy atom. The van der Waals surface area contributed by atoms with Crippen molar-refractivity contribution in [2.24, 2.45) is 7.05 Å². The van der Waals surface area contributed by atoms with Gasteiger partial charge < -0.3 is 14.6 Å². The molecule has 1 heterocycles. The average molecular weight is 484 g/mol. The van der Waals surface area contributed by atoms with Crippen LogP contribution in [0.2, 0.25) is 0 Å². The van der Waals surface area contributed by atoms with Crippen molar-refractivity contribution >= 4 is 28.3 Å². The summed E-state index contributed by atoms with van der Waals surface area (Å²) in [5, 5.41) is 2.47. The number of aromatic nitrogens is 1. The third-order valence-corrected chi connectivity index (χ3v) is 5.27. The molecule has 1 amide bonds. The minimum absolute atomic E-state index is 0.00824. The van der Waals surface area contributed by atoms with Crippen molar-refractivity contribution in [2.45, 2.75) is 0 Å². The van der Waals surface area contributed by atoms with E-state index in [0.717, 1.165) is 4.57 Å². The fourth-order valence-electron chi connectivity index (χ4n) is 3.66. The summed E-state index contributed by atoms with van der Waals surface area (Å²) in [6, 6.07) is 15.3. The van der Waals surface area contributed by atoms with Gasteiger partial charge in [-0.05, 0) is 17.0 Å². The fraction of sp³-hybridized carbons (Fsp3) is 0.0800. The van der Waals surface area contributed by atoms with Crippen molar-refractivity contribution in [1.82, 2.24) is 4.57 Å². The van der Waals surface area contributed by atoms with E-state index in [9.17, 15) is 31.9 Å². The Morgan fingerprint density at radius 3 is 2.09 bits per heavy atom. The summed E-state index contributed by atoms with van der Waals surface area (Å²) in [6.07, 6.45) is 0. The molecule has 0 aliphatic heterocycles. The highest BCUT2D eigenvalue weighted by Gasteiger charge is 2.25. The van der Waals surface area contributed by atoms with Crippen molar-refractivity contribution in [1.29, 1.82) is 0 Å². The molecule has 178 valence electrons. The van der Waals surface area contributed by atoms with Crippen LogP contribution in [0.4, 0.5) is 23.2 Å². The molecule has 1 N–H and O–H groups in total. The number of amides is 1. The number of rotatable bonds is 5. The van der Waals surface area contributed by atoms with Gasteiger partial charge >= 0.3 is 5.97 Å². The summed E-state index contributed by atoms with van der Waals surface area (Å²) >= 11 is 0. The van der Waals surface area contributed by atoms with Crippen molar-refractivity contribution in [3.05, 3.63) is 100.0 Å². The normalized spacial score (nSPS) is 10.9. The van der Waals surface area contributed by atoms with Crippen molar-refractivity contribution in [2.75, 3.05) is 11.9 Å². The van der Waals surface area contributed by atoms with Gasteiger partial charge in [0.05, 0.1) is 0 Å². The number of esters is 1. The minimum atomic E-state index is -1.81. The van der Waals surface area contributed by atoms with Gasteiger partial charge in [-0.2, -0.15) is 0 Å². The van der Waals surface area contributed by atoms with E-state index in [4.69, 9.17) is 4.74 Å². The second-order valence-electron chi connectivity index (χ2n) is 7.47. The number of pyridine rings is 1. The molecule has 0 saturated carbocycles. The van der Waals surface area contributed by atoms with E-state index in [1.54, 1.807) is 59.9 Å². The first-order valence-electron chi connectivity index (χ1n) is 10.2. The number of fused-ring (bicyclic) bond motifs is 1. The van der Waals surface area contributed by atoms with Gasteiger partial charge in [0.25, 0.3) is 11.5 Å². The number of hydrogen-bond donors (Lipinski definition) is 1. The van der Waals surface area contributed by atoms with E-state index in [1.807, 2.05) is 0 Å². The maximum absolute atomic E-state index is 13.8. The molecule has 0 bridgehead atoms. The van der Waals surface area contributed by atoms with Crippen LogP contribution in [-0.2, 0) is 16.6 Å². The second kappa shape index (κ2) is 9.41. The number of carbonyl (C=O) groups excluding carboxylic acids is 2. The van der Waals surface area contributed by atoms with Crippen LogP contribution in [0.15, 0.2) is 65.5 Å². The third-order valence-electron chi connectivity index (χ3n) is 5.27. The molecule has 35 heavy (non-hydrogen) atoms. The summed E-state index contributed by atoms with van der Waals surface area (Å²) in [4.78, 5) is 38.1. The molecule has 0 spiro atoms. The SMILES string of the molecule is Cn1c(C(=O)OCC(=O)Nc2c(F)c(F)cc(F)c2F)c(-c2ccccc2)c2ccccc2c1=O. The highest BCUT2D eigenvalue weighted by molar-refractivity contribution is 6.07. The van der Waals surface area contributed by atoms with Crippen LogP contribution >= 0.6 is 0 Å². The molecule has 0 fully saturated rings. The summed E-state index contributed by atoms with van der Waals surface area (Å²) in [7, 11) is 1.36. The zero-order valence-electron chi connectivity index (χ0n) is 18.1. The Morgan fingerprint density at radius 2 is 1.46 bits per heavy atom. The summed E-state index contributed by atoms with van der Waals surface area (Å²) < 4.78 is 60.4. The number of nitrogens with zero attached hydrogens (tertiary/aromatic N) is 1. The first kappa shape index (κ1) is 23.7. The summed E-state index contributed by atoms with van der Waals surface area (Å²) in [5.74, 6) is -9.38. The predicted molar refractivity (Wildman–Crippen MR) is 120 cm³/mol.